The summed E-state index contributed by atoms with van der Waals surface area (Å²) >= 11 is 1.41. The van der Waals surface area contributed by atoms with Gasteiger partial charge < -0.3 is 9.63 Å². The van der Waals surface area contributed by atoms with E-state index in [9.17, 15) is 9.67 Å². The third-order valence-electron chi connectivity index (χ3n) is 4.26. The minimum Gasteiger partial charge on any atom is -0.507 e. The first-order valence-electron chi connectivity index (χ1n) is 8.43. The number of benzene rings is 3. The van der Waals surface area contributed by atoms with Crippen LogP contribution in [0.5, 0.6) is 11.5 Å². The van der Waals surface area contributed by atoms with Gasteiger partial charge in [0.1, 0.15) is 11.5 Å². The molecule has 4 rings (SSSR count). The second-order valence-electron chi connectivity index (χ2n) is 6.10. The lowest BCUT2D eigenvalue weighted by Crippen LogP contribution is -2.00. The molecule has 10 heteroatoms. The van der Waals surface area contributed by atoms with E-state index in [-0.39, 0.29) is 11.5 Å². The number of fused-ring (bicyclic) bond motifs is 1. The molecule has 1 aromatic heterocycles. The minimum absolute atomic E-state index is 0.152. The van der Waals surface area contributed by atoms with Crippen LogP contribution in [0.2, 0.25) is 0 Å². The summed E-state index contributed by atoms with van der Waals surface area (Å²) in [4.78, 5) is 17.9. The van der Waals surface area contributed by atoms with Crippen LogP contribution in [0.3, 0.4) is 0 Å². The SMILES string of the molecule is CSc1nnc(-c2ccc(OP(=O)(O)O)cc2O)n1-c1cccc2ccccc12. The van der Waals surface area contributed by atoms with E-state index >= 15 is 0 Å². The van der Waals surface area contributed by atoms with E-state index < -0.39 is 7.82 Å². The average molecular weight is 429 g/mol. The van der Waals surface area contributed by atoms with Crippen LogP contribution >= 0.6 is 19.6 Å². The number of aromatic hydroxyl groups is 1. The van der Waals surface area contributed by atoms with Crippen molar-refractivity contribution in [1.82, 2.24) is 14.8 Å². The molecule has 0 radical (unpaired) electrons. The maximum Gasteiger partial charge on any atom is 0.524 e. The summed E-state index contributed by atoms with van der Waals surface area (Å²) in [7, 11) is -4.73. The Labute approximate surface area is 170 Å². The van der Waals surface area contributed by atoms with Crippen molar-refractivity contribution in [2.75, 3.05) is 6.26 Å². The number of phenols is 1. The number of phosphoric acid groups is 1. The number of hydrogen-bond donors (Lipinski definition) is 3. The number of thioether (sulfide) groups is 1. The molecule has 0 aliphatic rings. The number of nitrogens with zero attached hydrogens (tertiary/aromatic N) is 3. The van der Waals surface area contributed by atoms with Gasteiger partial charge >= 0.3 is 7.82 Å². The molecule has 3 N–H and O–H groups in total. The van der Waals surface area contributed by atoms with Gasteiger partial charge in [-0.15, -0.1) is 10.2 Å². The van der Waals surface area contributed by atoms with Gasteiger partial charge in [-0.3, -0.25) is 14.4 Å². The van der Waals surface area contributed by atoms with Crippen LogP contribution in [0, 0.1) is 0 Å². The van der Waals surface area contributed by atoms with Gasteiger partial charge in [-0.2, -0.15) is 0 Å². The Morgan fingerprint density at radius 1 is 1.03 bits per heavy atom. The normalized spacial score (nSPS) is 11.7. The second-order valence-corrected chi connectivity index (χ2v) is 8.04. The molecule has 1 heterocycles. The van der Waals surface area contributed by atoms with Crippen molar-refractivity contribution in [2.24, 2.45) is 0 Å². The maximum atomic E-state index is 11.0. The first-order valence-corrected chi connectivity index (χ1v) is 11.2. The van der Waals surface area contributed by atoms with Gasteiger partial charge in [0.2, 0.25) is 0 Å². The third kappa shape index (κ3) is 3.86. The molecule has 0 aliphatic carbocycles. The van der Waals surface area contributed by atoms with Crippen LogP contribution in [0.25, 0.3) is 27.8 Å². The van der Waals surface area contributed by atoms with E-state index in [0.717, 1.165) is 22.5 Å². The number of aromatic nitrogens is 3. The Kier molecular flexibility index (Phi) is 5.06. The Balaban J connectivity index is 1.89. The highest BCUT2D eigenvalue weighted by molar-refractivity contribution is 7.98. The molecule has 0 spiro atoms. The number of phenolic OH excluding ortho intramolecular Hbond substituents is 1. The smallest absolute Gasteiger partial charge is 0.507 e. The highest BCUT2D eigenvalue weighted by Gasteiger charge is 2.21. The maximum absolute atomic E-state index is 11.0. The molecule has 0 saturated carbocycles. The van der Waals surface area contributed by atoms with Gasteiger partial charge in [-0.25, -0.2) is 4.57 Å². The Morgan fingerprint density at radius 3 is 2.52 bits per heavy atom. The largest absolute Gasteiger partial charge is 0.524 e. The van der Waals surface area contributed by atoms with Crippen LogP contribution in [0.1, 0.15) is 0 Å². The van der Waals surface area contributed by atoms with Crippen LogP contribution in [-0.4, -0.2) is 35.9 Å². The lowest BCUT2D eigenvalue weighted by Gasteiger charge is -2.14. The number of phosphoric ester groups is 1. The molecule has 8 nitrogen and oxygen atoms in total. The van der Waals surface area contributed by atoms with Crippen molar-refractivity contribution in [1.29, 1.82) is 0 Å². The molecular formula is C19H16N3O5PS. The van der Waals surface area contributed by atoms with Crippen LogP contribution in [-0.2, 0) is 4.57 Å². The van der Waals surface area contributed by atoms with E-state index in [0.29, 0.717) is 16.5 Å². The lowest BCUT2D eigenvalue weighted by atomic mass is 10.1. The molecule has 0 bridgehead atoms. The van der Waals surface area contributed by atoms with Gasteiger partial charge in [0.25, 0.3) is 0 Å². The van der Waals surface area contributed by atoms with Crippen molar-refractivity contribution in [2.45, 2.75) is 5.16 Å². The molecule has 4 aromatic rings. The fourth-order valence-electron chi connectivity index (χ4n) is 3.09. The quantitative estimate of drug-likeness (QED) is 0.322. The summed E-state index contributed by atoms with van der Waals surface area (Å²) in [6.45, 7) is 0. The average Bonchev–Trinajstić information content (AvgIpc) is 3.10. The topological polar surface area (TPSA) is 118 Å². The summed E-state index contributed by atoms with van der Waals surface area (Å²) in [6.07, 6.45) is 1.88. The van der Waals surface area contributed by atoms with Crippen molar-refractivity contribution in [3.8, 4) is 28.6 Å². The molecule has 0 atom stereocenters. The summed E-state index contributed by atoms with van der Waals surface area (Å²) in [5.41, 5.74) is 1.20. The Hall–Kier alpha value is -2.84. The fraction of sp³-hybridized carbons (Fsp3) is 0.0526. The molecule has 148 valence electrons. The molecule has 29 heavy (non-hydrogen) atoms. The molecule has 0 unspecified atom stereocenters. The zero-order chi connectivity index (χ0) is 20.6. The number of rotatable bonds is 5. The summed E-state index contributed by atoms with van der Waals surface area (Å²) in [6, 6.07) is 17.8. The zero-order valence-corrected chi connectivity index (χ0v) is 16.8. The standard InChI is InChI=1S/C19H16N3O5PS/c1-29-19-21-20-18(15-10-9-13(11-17(15)23)27-28(24,25)26)22(19)16-8-4-6-12-5-2-3-7-14(12)16/h2-11,23H,1H3,(H2,24,25,26). The summed E-state index contributed by atoms with van der Waals surface area (Å²) in [5.74, 6) is 0.00400. The summed E-state index contributed by atoms with van der Waals surface area (Å²) in [5, 5.41) is 21.6. The highest BCUT2D eigenvalue weighted by Crippen LogP contribution is 2.41. The van der Waals surface area contributed by atoms with Crippen molar-refractivity contribution in [3.63, 3.8) is 0 Å². The molecule has 0 fully saturated rings. The number of hydrogen-bond acceptors (Lipinski definition) is 6. The van der Waals surface area contributed by atoms with E-state index in [4.69, 9.17) is 9.79 Å². The Morgan fingerprint density at radius 2 is 1.79 bits per heavy atom. The van der Waals surface area contributed by atoms with Crippen molar-refractivity contribution in [3.05, 3.63) is 60.7 Å². The molecule has 3 aromatic carbocycles. The van der Waals surface area contributed by atoms with Gasteiger partial charge in [0.15, 0.2) is 11.0 Å². The van der Waals surface area contributed by atoms with E-state index in [1.807, 2.05) is 53.3 Å². The first kappa shape index (κ1) is 19.5. The van der Waals surface area contributed by atoms with Crippen LogP contribution < -0.4 is 4.52 Å². The predicted molar refractivity (Wildman–Crippen MR) is 110 cm³/mol. The second kappa shape index (κ2) is 7.53. The zero-order valence-electron chi connectivity index (χ0n) is 15.1. The van der Waals surface area contributed by atoms with Gasteiger partial charge in [-0.1, -0.05) is 48.2 Å². The van der Waals surface area contributed by atoms with E-state index in [1.54, 1.807) is 0 Å². The third-order valence-corrected chi connectivity index (χ3v) is 5.34. The fourth-order valence-corrected chi connectivity index (χ4v) is 3.97. The van der Waals surface area contributed by atoms with E-state index in [2.05, 4.69) is 14.7 Å². The van der Waals surface area contributed by atoms with Gasteiger partial charge in [-0.05, 0) is 29.8 Å². The first-order chi connectivity index (χ1) is 13.9. The predicted octanol–water partition coefficient (Wildman–Crippen LogP) is 3.99. The van der Waals surface area contributed by atoms with Gasteiger partial charge in [0, 0.05) is 11.5 Å². The van der Waals surface area contributed by atoms with E-state index in [1.165, 1.54) is 23.9 Å². The Bertz CT molecular complexity index is 1250. The van der Waals surface area contributed by atoms with Gasteiger partial charge in [0.05, 0.1) is 11.3 Å². The minimum atomic E-state index is -4.73. The molecule has 0 amide bonds. The molecular weight excluding hydrogens is 413 g/mol. The van der Waals surface area contributed by atoms with Crippen LogP contribution in [0.15, 0.2) is 65.8 Å². The van der Waals surface area contributed by atoms with Crippen molar-refractivity contribution >= 4 is 30.4 Å². The summed E-state index contributed by atoms with van der Waals surface area (Å²) < 4.78 is 17.4. The molecule has 0 aliphatic heterocycles. The molecule has 0 saturated heterocycles. The van der Waals surface area contributed by atoms with Crippen LogP contribution in [0.4, 0.5) is 0 Å². The lowest BCUT2D eigenvalue weighted by molar-refractivity contribution is 0.283. The van der Waals surface area contributed by atoms with Crippen molar-refractivity contribution < 1.29 is 24.0 Å². The monoisotopic (exact) mass is 429 g/mol. The highest BCUT2D eigenvalue weighted by atomic mass is 32.2.